The van der Waals surface area contributed by atoms with Gasteiger partial charge >= 0.3 is 7.12 Å². The minimum absolute atomic E-state index is 0.0333. The highest BCUT2D eigenvalue weighted by Crippen LogP contribution is 2.36. The van der Waals surface area contributed by atoms with Gasteiger partial charge in [0.15, 0.2) is 0 Å². The summed E-state index contributed by atoms with van der Waals surface area (Å²) < 4.78 is 44.0. The van der Waals surface area contributed by atoms with E-state index < -0.39 is 28.3 Å². The first kappa shape index (κ1) is 18.2. The summed E-state index contributed by atoms with van der Waals surface area (Å²) in [6.07, 6.45) is 1.51. The average Bonchev–Trinajstić information content (AvgIpc) is 2.66. The van der Waals surface area contributed by atoms with E-state index in [0.717, 1.165) is 0 Å². The number of nitrogens with zero attached hydrogens (tertiary/aromatic N) is 1. The van der Waals surface area contributed by atoms with E-state index in [9.17, 15) is 8.42 Å². The minimum atomic E-state index is -3.71. The van der Waals surface area contributed by atoms with Crippen molar-refractivity contribution in [3.05, 3.63) is 12.3 Å². The molecule has 23 heavy (non-hydrogen) atoms. The number of nitrogens with one attached hydrogen (secondary N) is 1. The van der Waals surface area contributed by atoms with Gasteiger partial charge in [-0.3, -0.25) is 0 Å². The summed E-state index contributed by atoms with van der Waals surface area (Å²) in [5.41, 5.74) is -0.503. The first-order chi connectivity index (χ1) is 10.5. The Bertz CT molecular complexity index is 674. The number of pyridine rings is 1. The summed E-state index contributed by atoms with van der Waals surface area (Å²) in [4.78, 5) is 4.05. The van der Waals surface area contributed by atoms with Crippen LogP contribution in [0.4, 0.5) is 0 Å². The molecule has 9 heteroatoms. The summed E-state index contributed by atoms with van der Waals surface area (Å²) in [6.45, 7) is 9.70. The maximum absolute atomic E-state index is 12.3. The van der Waals surface area contributed by atoms with Crippen LogP contribution in [0, 0.1) is 0 Å². The third-order valence-corrected chi connectivity index (χ3v) is 5.72. The van der Waals surface area contributed by atoms with Crippen LogP contribution in [0.5, 0.6) is 5.88 Å². The van der Waals surface area contributed by atoms with E-state index >= 15 is 0 Å². The van der Waals surface area contributed by atoms with E-state index in [4.69, 9.17) is 14.0 Å². The van der Waals surface area contributed by atoms with Gasteiger partial charge in [-0.2, -0.15) is 0 Å². The zero-order valence-corrected chi connectivity index (χ0v) is 15.2. The van der Waals surface area contributed by atoms with E-state index in [0.29, 0.717) is 5.46 Å². The van der Waals surface area contributed by atoms with Crippen LogP contribution < -0.4 is 14.9 Å². The Kier molecular flexibility index (Phi) is 4.78. The van der Waals surface area contributed by atoms with Gasteiger partial charge in [-0.1, -0.05) is 6.92 Å². The molecular formula is C14H23BN2O5S. The van der Waals surface area contributed by atoms with Gasteiger partial charge in [-0.15, -0.1) is 0 Å². The predicted octanol–water partition coefficient (Wildman–Crippen LogP) is 0.688. The van der Waals surface area contributed by atoms with Crippen LogP contribution >= 0.6 is 0 Å². The molecule has 1 aromatic rings. The topological polar surface area (TPSA) is 86.8 Å². The van der Waals surface area contributed by atoms with E-state index in [1.165, 1.54) is 19.4 Å². The molecule has 7 nitrogen and oxygen atoms in total. The molecule has 1 aromatic heterocycles. The van der Waals surface area contributed by atoms with Crippen LogP contribution in [0.1, 0.15) is 34.6 Å². The summed E-state index contributed by atoms with van der Waals surface area (Å²) in [7, 11) is -3.02. The molecule has 1 aliphatic heterocycles. The largest absolute Gasteiger partial charge is 0.496 e. The molecular weight excluding hydrogens is 319 g/mol. The summed E-state index contributed by atoms with van der Waals surface area (Å²) in [6, 6.07) is 1.48. The molecule has 0 aromatic carbocycles. The van der Waals surface area contributed by atoms with Crippen molar-refractivity contribution in [2.45, 2.75) is 50.7 Å². The molecule has 2 rings (SSSR count). The number of sulfonamides is 1. The maximum atomic E-state index is 12.3. The third-order valence-electron chi connectivity index (χ3n) is 4.18. The second-order valence-electron chi connectivity index (χ2n) is 6.37. The Morgan fingerprint density at radius 2 is 1.83 bits per heavy atom. The van der Waals surface area contributed by atoms with Crippen molar-refractivity contribution in [2.75, 3.05) is 13.7 Å². The molecule has 0 aliphatic carbocycles. The average molecular weight is 342 g/mol. The summed E-state index contributed by atoms with van der Waals surface area (Å²) in [5, 5.41) is 0. The lowest BCUT2D eigenvalue weighted by Gasteiger charge is -2.32. The molecule has 128 valence electrons. The quantitative estimate of drug-likeness (QED) is 0.793. The van der Waals surface area contributed by atoms with Crippen LogP contribution in [0.15, 0.2) is 17.2 Å². The van der Waals surface area contributed by atoms with Gasteiger partial charge in [0.25, 0.3) is 0 Å². The fourth-order valence-electron chi connectivity index (χ4n) is 2.17. The first-order valence-electron chi connectivity index (χ1n) is 7.43. The maximum Gasteiger partial charge on any atom is 0.496 e. The second-order valence-corrected chi connectivity index (χ2v) is 8.10. The third kappa shape index (κ3) is 3.37. The standard InChI is InChI=1S/C14H23BN2O5S/c1-7-17-23(18,19)11-8-10(9-16-12(11)20-6)15-21-13(2,3)14(4,5)22-15/h8-9,17H,7H2,1-6H3. The zero-order valence-electron chi connectivity index (χ0n) is 14.3. The molecule has 0 amide bonds. The lowest BCUT2D eigenvalue weighted by Crippen LogP contribution is -2.41. The summed E-state index contributed by atoms with van der Waals surface area (Å²) in [5.74, 6) is 0.0335. The lowest BCUT2D eigenvalue weighted by molar-refractivity contribution is 0.00578. The van der Waals surface area contributed by atoms with Crippen molar-refractivity contribution in [1.29, 1.82) is 0 Å². The van der Waals surface area contributed by atoms with Crippen molar-refractivity contribution in [3.63, 3.8) is 0 Å². The van der Waals surface area contributed by atoms with Crippen molar-refractivity contribution >= 4 is 22.6 Å². The van der Waals surface area contributed by atoms with E-state index in [1.54, 1.807) is 6.92 Å². The molecule has 0 radical (unpaired) electrons. The van der Waals surface area contributed by atoms with Gasteiger partial charge < -0.3 is 14.0 Å². The molecule has 0 spiro atoms. The van der Waals surface area contributed by atoms with Crippen molar-refractivity contribution in [3.8, 4) is 5.88 Å². The highest BCUT2D eigenvalue weighted by molar-refractivity contribution is 7.89. The highest BCUT2D eigenvalue weighted by atomic mass is 32.2. The SMILES string of the molecule is CCNS(=O)(=O)c1cc(B2OC(C)(C)C(C)(C)O2)cnc1OC. The molecule has 1 fully saturated rings. The van der Waals surface area contributed by atoms with Gasteiger partial charge in [-0.25, -0.2) is 18.1 Å². The Morgan fingerprint density at radius 1 is 1.26 bits per heavy atom. The van der Waals surface area contributed by atoms with Gasteiger partial charge in [0.1, 0.15) is 4.90 Å². The van der Waals surface area contributed by atoms with E-state index in [2.05, 4.69) is 9.71 Å². The van der Waals surface area contributed by atoms with Crippen molar-refractivity contribution in [2.24, 2.45) is 0 Å². The van der Waals surface area contributed by atoms with Crippen LogP contribution in [0.3, 0.4) is 0 Å². The van der Waals surface area contributed by atoms with Gasteiger partial charge in [0, 0.05) is 18.2 Å². The highest BCUT2D eigenvalue weighted by Gasteiger charge is 2.52. The number of hydrogen-bond donors (Lipinski definition) is 1. The number of aromatic nitrogens is 1. The lowest BCUT2D eigenvalue weighted by atomic mass is 9.80. The Hall–Kier alpha value is -1.16. The van der Waals surface area contributed by atoms with Gasteiger partial charge in [0.05, 0.1) is 18.3 Å². The molecule has 0 saturated carbocycles. The fourth-order valence-corrected chi connectivity index (χ4v) is 3.36. The molecule has 0 atom stereocenters. The van der Waals surface area contributed by atoms with E-state index in [1.807, 2.05) is 27.7 Å². The minimum Gasteiger partial charge on any atom is -0.480 e. The molecule has 1 N–H and O–H groups in total. The Labute approximate surface area is 137 Å². The number of hydrogen-bond acceptors (Lipinski definition) is 6. The van der Waals surface area contributed by atoms with Crippen molar-refractivity contribution < 1.29 is 22.5 Å². The molecule has 1 aliphatic rings. The monoisotopic (exact) mass is 342 g/mol. The Balaban J connectivity index is 2.44. The summed E-state index contributed by atoms with van der Waals surface area (Å²) >= 11 is 0. The Morgan fingerprint density at radius 3 is 2.30 bits per heavy atom. The van der Waals surface area contributed by atoms with Crippen LogP contribution in [0.25, 0.3) is 0 Å². The van der Waals surface area contributed by atoms with Gasteiger partial charge in [0.2, 0.25) is 15.9 Å². The molecule has 2 heterocycles. The van der Waals surface area contributed by atoms with Crippen molar-refractivity contribution in [1.82, 2.24) is 9.71 Å². The van der Waals surface area contributed by atoms with Crippen LogP contribution in [0.2, 0.25) is 0 Å². The molecule has 0 bridgehead atoms. The zero-order chi connectivity index (χ0) is 17.5. The predicted molar refractivity (Wildman–Crippen MR) is 87.4 cm³/mol. The fraction of sp³-hybridized carbons (Fsp3) is 0.643. The second kappa shape index (κ2) is 6.05. The smallest absolute Gasteiger partial charge is 0.480 e. The normalized spacial score (nSPS) is 19.8. The number of ether oxygens (including phenoxy) is 1. The van der Waals surface area contributed by atoms with Gasteiger partial charge in [-0.05, 0) is 33.8 Å². The van der Waals surface area contributed by atoms with Crippen LogP contribution in [-0.4, -0.2) is 45.4 Å². The first-order valence-corrected chi connectivity index (χ1v) is 8.91. The van der Waals surface area contributed by atoms with E-state index in [-0.39, 0.29) is 17.3 Å². The molecule has 0 unspecified atom stereocenters. The number of rotatable bonds is 5. The molecule has 1 saturated heterocycles. The number of methoxy groups -OCH3 is 1. The van der Waals surface area contributed by atoms with Crippen LogP contribution in [-0.2, 0) is 19.3 Å².